The highest BCUT2D eigenvalue weighted by Gasteiger charge is 2.46. The Hall–Kier alpha value is -2.52. The number of amides is 1. The largest absolute Gasteiger partial charge is 0.396 e. The molecular weight excluding hydrogens is 332 g/mol. The summed E-state index contributed by atoms with van der Waals surface area (Å²) < 4.78 is 0. The summed E-state index contributed by atoms with van der Waals surface area (Å²) in [6, 6.07) is 5.28. The summed E-state index contributed by atoms with van der Waals surface area (Å²) in [7, 11) is 0. The van der Waals surface area contributed by atoms with E-state index in [-0.39, 0.29) is 36.6 Å². The molecule has 2 unspecified atom stereocenters. The summed E-state index contributed by atoms with van der Waals surface area (Å²) >= 11 is 0. The van der Waals surface area contributed by atoms with Crippen molar-refractivity contribution in [1.29, 1.82) is 0 Å². The van der Waals surface area contributed by atoms with Crippen LogP contribution in [0.2, 0.25) is 0 Å². The summed E-state index contributed by atoms with van der Waals surface area (Å²) in [6.45, 7) is 3.33. The third kappa shape index (κ3) is 4.52. The predicted octanol–water partition coefficient (Wildman–Crippen LogP) is 0.744. The van der Waals surface area contributed by atoms with Gasteiger partial charge in [0.2, 0.25) is 5.91 Å². The van der Waals surface area contributed by atoms with E-state index in [1.54, 1.807) is 13.8 Å². The Morgan fingerprint density at radius 3 is 2.52 bits per heavy atom. The van der Waals surface area contributed by atoms with Crippen molar-refractivity contribution >= 4 is 17.6 Å². The Labute approximate surface area is 144 Å². The second-order valence-electron chi connectivity index (χ2n) is 6.08. The van der Waals surface area contributed by atoms with Gasteiger partial charge in [-0.25, -0.2) is 4.79 Å². The second-order valence-corrected chi connectivity index (χ2v) is 6.08. The van der Waals surface area contributed by atoms with E-state index < -0.39 is 22.9 Å². The quantitative estimate of drug-likeness (QED) is 0.306. The minimum Gasteiger partial charge on any atom is -0.396 e. The van der Waals surface area contributed by atoms with Crippen molar-refractivity contribution in [3.05, 3.63) is 39.9 Å². The summed E-state index contributed by atoms with van der Waals surface area (Å²) in [6.07, 6.45) is -0.772. The lowest BCUT2D eigenvalue weighted by Gasteiger charge is -2.42. The molecule has 1 aliphatic rings. The third-order valence-electron chi connectivity index (χ3n) is 4.19. The van der Waals surface area contributed by atoms with Gasteiger partial charge in [0, 0.05) is 30.7 Å². The first-order chi connectivity index (χ1) is 11.8. The van der Waals surface area contributed by atoms with Gasteiger partial charge in [0.25, 0.3) is 5.69 Å². The maximum atomic E-state index is 11.8. The Kier molecular flexibility index (Phi) is 6.05. The van der Waals surface area contributed by atoms with E-state index in [1.165, 1.54) is 24.3 Å². The molecule has 9 nitrogen and oxygen atoms in total. The van der Waals surface area contributed by atoms with Crippen LogP contribution in [0.1, 0.15) is 19.4 Å². The molecule has 2 rings (SSSR count). The molecule has 4 atom stereocenters. The van der Waals surface area contributed by atoms with Crippen molar-refractivity contribution in [2.45, 2.75) is 32.4 Å². The fourth-order valence-electron chi connectivity index (χ4n) is 2.65. The second kappa shape index (κ2) is 8.04. The van der Waals surface area contributed by atoms with E-state index in [1.807, 2.05) is 0 Å². The molecule has 136 valence electrons. The maximum absolute atomic E-state index is 11.8. The first-order valence-corrected chi connectivity index (χ1v) is 7.84. The van der Waals surface area contributed by atoms with Gasteiger partial charge in [0.15, 0.2) is 0 Å². The van der Waals surface area contributed by atoms with E-state index >= 15 is 0 Å². The van der Waals surface area contributed by atoms with Crippen LogP contribution in [-0.2, 0) is 25.8 Å². The van der Waals surface area contributed by atoms with Gasteiger partial charge in [-0.05, 0) is 12.5 Å². The zero-order valence-corrected chi connectivity index (χ0v) is 13.9. The smallest absolute Gasteiger partial charge is 0.346 e. The lowest BCUT2D eigenvalue weighted by atomic mass is 9.79. The zero-order valence-electron chi connectivity index (χ0n) is 13.9. The highest BCUT2D eigenvalue weighted by atomic mass is 17.2. The number of nitrogens with zero attached hydrogens (tertiary/aromatic N) is 1. The lowest BCUT2D eigenvalue weighted by molar-refractivity contribution is -0.384. The summed E-state index contributed by atoms with van der Waals surface area (Å²) in [5.41, 5.74) is 0.474. The highest BCUT2D eigenvalue weighted by Crippen LogP contribution is 2.27. The van der Waals surface area contributed by atoms with E-state index in [0.717, 1.165) is 0 Å². The van der Waals surface area contributed by atoms with Crippen LogP contribution >= 0.6 is 0 Å². The molecule has 0 radical (unpaired) electrons. The normalized spacial score (nSPS) is 21.6. The van der Waals surface area contributed by atoms with Crippen molar-refractivity contribution in [2.24, 2.45) is 11.8 Å². The van der Waals surface area contributed by atoms with Crippen molar-refractivity contribution in [3.8, 4) is 0 Å². The molecule has 0 spiro atoms. The van der Waals surface area contributed by atoms with Gasteiger partial charge in [-0.15, -0.1) is 0 Å². The summed E-state index contributed by atoms with van der Waals surface area (Å²) in [4.78, 5) is 43.3. The van der Waals surface area contributed by atoms with E-state index in [9.17, 15) is 24.8 Å². The fourth-order valence-corrected chi connectivity index (χ4v) is 2.65. The van der Waals surface area contributed by atoms with Crippen molar-refractivity contribution in [1.82, 2.24) is 5.32 Å². The van der Waals surface area contributed by atoms with Crippen LogP contribution in [0.25, 0.3) is 0 Å². The van der Waals surface area contributed by atoms with E-state index in [2.05, 4.69) is 5.32 Å². The van der Waals surface area contributed by atoms with Crippen molar-refractivity contribution < 1.29 is 29.4 Å². The lowest BCUT2D eigenvalue weighted by Crippen LogP contribution is -2.65. The SMILES string of the molecule is CC(CO)[C@H]1NC(=O)[C@@H]1C(C)OOC(=O)Cc1ccc([N+](=O)[O-])cc1. The summed E-state index contributed by atoms with van der Waals surface area (Å²) in [5, 5.41) is 22.4. The number of non-ortho nitro benzene ring substituents is 1. The van der Waals surface area contributed by atoms with E-state index in [4.69, 9.17) is 9.78 Å². The molecule has 1 fully saturated rings. The zero-order chi connectivity index (χ0) is 18.6. The monoisotopic (exact) mass is 352 g/mol. The Balaban J connectivity index is 1.83. The molecule has 1 aromatic carbocycles. The van der Waals surface area contributed by atoms with Crippen LogP contribution in [-0.4, -0.2) is 40.7 Å². The molecule has 1 aliphatic heterocycles. The standard InChI is InChI=1S/C16H20N2O7/c1-9(8-19)15-14(16(21)17-15)10(2)24-25-13(20)7-11-3-5-12(6-4-11)18(22)23/h3-6,9-10,14-15,19H,7-8H2,1-2H3,(H,17,21)/t9?,10?,14-,15-/m1/s1. The molecule has 0 saturated carbocycles. The van der Waals surface area contributed by atoms with Crippen LogP contribution in [0.15, 0.2) is 24.3 Å². The van der Waals surface area contributed by atoms with Crippen LogP contribution in [0.3, 0.4) is 0 Å². The van der Waals surface area contributed by atoms with Crippen molar-refractivity contribution in [2.75, 3.05) is 6.61 Å². The number of aliphatic hydroxyl groups excluding tert-OH is 1. The average molecular weight is 352 g/mol. The van der Waals surface area contributed by atoms with Crippen LogP contribution in [0.4, 0.5) is 5.69 Å². The number of β-lactam (4-membered cyclic amide) rings is 1. The first kappa shape index (κ1) is 18.8. The molecule has 25 heavy (non-hydrogen) atoms. The number of carbonyl (C=O) groups is 2. The Morgan fingerprint density at radius 2 is 2.00 bits per heavy atom. The van der Waals surface area contributed by atoms with Gasteiger partial charge in [-0.1, -0.05) is 19.1 Å². The number of nitrogens with one attached hydrogen (secondary N) is 1. The van der Waals surface area contributed by atoms with E-state index in [0.29, 0.717) is 5.56 Å². The number of rotatable bonds is 8. The number of hydrogen-bond acceptors (Lipinski definition) is 7. The fraction of sp³-hybridized carbons (Fsp3) is 0.500. The van der Waals surface area contributed by atoms with Gasteiger partial charge < -0.3 is 10.4 Å². The van der Waals surface area contributed by atoms with Gasteiger partial charge in [0.1, 0.15) is 6.10 Å². The molecule has 1 aromatic rings. The average Bonchev–Trinajstić information content (AvgIpc) is 2.57. The molecule has 2 N–H and O–H groups in total. The van der Waals surface area contributed by atoms with Crippen LogP contribution in [0, 0.1) is 22.0 Å². The number of aliphatic hydroxyl groups is 1. The number of nitro benzene ring substituents is 1. The number of benzene rings is 1. The Morgan fingerprint density at radius 1 is 1.36 bits per heavy atom. The minimum absolute atomic E-state index is 0.0676. The van der Waals surface area contributed by atoms with Crippen LogP contribution in [0.5, 0.6) is 0 Å². The topological polar surface area (TPSA) is 128 Å². The molecule has 0 aliphatic carbocycles. The molecule has 1 saturated heterocycles. The molecule has 1 heterocycles. The first-order valence-electron chi connectivity index (χ1n) is 7.84. The number of hydrogen-bond donors (Lipinski definition) is 2. The van der Waals surface area contributed by atoms with Gasteiger partial charge in [0.05, 0.1) is 17.3 Å². The van der Waals surface area contributed by atoms with Gasteiger partial charge >= 0.3 is 5.97 Å². The Bertz CT molecular complexity index is 646. The highest BCUT2D eigenvalue weighted by molar-refractivity contribution is 5.86. The van der Waals surface area contributed by atoms with Gasteiger partial charge in [-0.2, -0.15) is 4.89 Å². The molecular formula is C16H20N2O7. The molecule has 9 heteroatoms. The minimum atomic E-state index is -0.674. The number of nitro groups is 1. The number of carbonyl (C=O) groups excluding carboxylic acids is 2. The van der Waals surface area contributed by atoms with Gasteiger partial charge in [-0.3, -0.25) is 19.8 Å². The maximum Gasteiger partial charge on any atom is 0.346 e. The summed E-state index contributed by atoms with van der Waals surface area (Å²) in [5.74, 6) is -1.53. The van der Waals surface area contributed by atoms with Crippen molar-refractivity contribution in [3.63, 3.8) is 0 Å². The molecule has 0 aromatic heterocycles. The predicted molar refractivity (Wildman–Crippen MR) is 85.1 cm³/mol. The van der Waals surface area contributed by atoms with Crippen LogP contribution < -0.4 is 5.32 Å². The third-order valence-corrected chi connectivity index (χ3v) is 4.19. The molecule has 0 bridgehead atoms. The molecule has 1 amide bonds.